The van der Waals surface area contributed by atoms with Crippen LogP contribution in [-0.4, -0.2) is 71.9 Å². The number of aliphatic hydroxyl groups excluding tert-OH is 1. The highest BCUT2D eigenvalue weighted by Crippen LogP contribution is 2.22. The number of aliphatic hydroxyl groups is 1. The summed E-state index contributed by atoms with van der Waals surface area (Å²) in [7, 11) is 1.25. The molecule has 1 aliphatic rings. The molecule has 25 heavy (non-hydrogen) atoms. The van der Waals surface area contributed by atoms with Gasteiger partial charge in [-0.3, -0.25) is 24.1 Å². The van der Waals surface area contributed by atoms with Gasteiger partial charge in [-0.15, -0.1) is 0 Å². The highest BCUT2D eigenvalue weighted by molar-refractivity contribution is 6.21. The summed E-state index contributed by atoms with van der Waals surface area (Å²) in [4.78, 5) is 50.3. The first-order chi connectivity index (χ1) is 12.0. The molecule has 1 aromatic carbocycles. The van der Waals surface area contributed by atoms with Crippen molar-refractivity contribution in [3.05, 3.63) is 35.4 Å². The Kier molecular flexibility index (Phi) is 6.24. The molecule has 0 fully saturated rings. The van der Waals surface area contributed by atoms with E-state index < -0.39 is 17.8 Å². The molecule has 0 aliphatic carbocycles. The number of carbonyl (C=O) groups excluding carboxylic acids is 4. The molecule has 0 radical (unpaired) electrons. The van der Waals surface area contributed by atoms with Crippen molar-refractivity contribution < 1.29 is 29.0 Å². The van der Waals surface area contributed by atoms with Crippen LogP contribution in [0.5, 0.6) is 0 Å². The second kappa shape index (κ2) is 8.39. The molecular formula is C17H20N2O6. The molecule has 0 aromatic heterocycles. The number of benzene rings is 1. The zero-order chi connectivity index (χ0) is 18.4. The first-order valence-corrected chi connectivity index (χ1v) is 7.90. The van der Waals surface area contributed by atoms with Crippen LogP contribution in [0.2, 0.25) is 0 Å². The summed E-state index contributed by atoms with van der Waals surface area (Å²) in [6.45, 7) is -0.128. The van der Waals surface area contributed by atoms with Gasteiger partial charge in [0.2, 0.25) is 5.91 Å². The van der Waals surface area contributed by atoms with Crippen LogP contribution in [0.15, 0.2) is 24.3 Å². The molecule has 0 atom stereocenters. The predicted octanol–water partition coefficient (Wildman–Crippen LogP) is 0.0567. The quantitative estimate of drug-likeness (QED) is 0.526. The minimum absolute atomic E-state index is 0.00918. The number of imide groups is 1. The Labute approximate surface area is 145 Å². The van der Waals surface area contributed by atoms with E-state index in [-0.39, 0.29) is 45.0 Å². The van der Waals surface area contributed by atoms with Crippen LogP contribution < -0.4 is 0 Å². The second-order valence-corrected chi connectivity index (χ2v) is 5.49. The molecule has 8 nitrogen and oxygen atoms in total. The first-order valence-electron chi connectivity index (χ1n) is 7.90. The number of nitrogens with zero attached hydrogens (tertiary/aromatic N) is 2. The number of amides is 3. The smallest absolute Gasteiger partial charge is 0.307 e. The zero-order valence-corrected chi connectivity index (χ0v) is 13.9. The van der Waals surface area contributed by atoms with E-state index in [0.717, 1.165) is 4.90 Å². The Morgan fingerprint density at radius 3 is 2.20 bits per heavy atom. The lowest BCUT2D eigenvalue weighted by Crippen LogP contribution is -2.39. The third-order valence-electron chi connectivity index (χ3n) is 3.96. The largest absolute Gasteiger partial charge is 0.469 e. The molecule has 0 saturated heterocycles. The number of esters is 1. The summed E-state index contributed by atoms with van der Waals surface area (Å²) in [5, 5.41) is 9.06. The van der Waals surface area contributed by atoms with Crippen molar-refractivity contribution in [3.63, 3.8) is 0 Å². The third-order valence-corrected chi connectivity index (χ3v) is 3.96. The molecule has 3 amide bonds. The van der Waals surface area contributed by atoms with Crippen molar-refractivity contribution in [2.75, 3.05) is 33.4 Å². The highest BCUT2D eigenvalue weighted by Gasteiger charge is 2.35. The van der Waals surface area contributed by atoms with E-state index in [4.69, 9.17) is 5.11 Å². The van der Waals surface area contributed by atoms with Crippen molar-refractivity contribution in [3.8, 4) is 0 Å². The van der Waals surface area contributed by atoms with Crippen LogP contribution in [0, 0.1) is 0 Å². The van der Waals surface area contributed by atoms with Gasteiger partial charge >= 0.3 is 5.97 Å². The molecule has 0 unspecified atom stereocenters. The maximum Gasteiger partial charge on any atom is 0.307 e. The van der Waals surface area contributed by atoms with Gasteiger partial charge in [-0.1, -0.05) is 12.1 Å². The summed E-state index contributed by atoms with van der Waals surface area (Å²) in [6, 6.07) is 6.50. The second-order valence-electron chi connectivity index (χ2n) is 5.49. The summed E-state index contributed by atoms with van der Waals surface area (Å²) >= 11 is 0. The average molecular weight is 348 g/mol. The highest BCUT2D eigenvalue weighted by atomic mass is 16.5. The molecule has 2 rings (SSSR count). The molecule has 1 heterocycles. The first kappa shape index (κ1) is 18.6. The molecule has 1 aromatic rings. The Bertz CT molecular complexity index is 652. The topological polar surface area (TPSA) is 104 Å². The van der Waals surface area contributed by atoms with Gasteiger partial charge in [-0.2, -0.15) is 0 Å². The zero-order valence-electron chi connectivity index (χ0n) is 13.9. The Morgan fingerprint density at radius 1 is 1.08 bits per heavy atom. The van der Waals surface area contributed by atoms with Crippen LogP contribution in [0.25, 0.3) is 0 Å². The molecular weight excluding hydrogens is 328 g/mol. The van der Waals surface area contributed by atoms with Gasteiger partial charge in [0.1, 0.15) is 0 Å². The van der Waals surface area contributed by atoms with Gasteiger partial charge in [0.25, 0.3) is 11.8 Å². The fourth-order valence-electron chi connectivity index (χ4n) is 2.62. The van der Waals surface area contributed by atoms with E-state index in [0.29, 0.717) is 11.1 Å². The maximum atomic E-state index is 12.3. The molecule has 0 bridgehead atoms. The van der Waals surface area contributed by atoms with E-state index in [1.807, 2.05) is 0 Å². The summed E-state index contributed by atoms with van der Waals surface area (Å²) < 4.78 is 4.53. The average Bonchev–Trinajstić information content (AvgIpc) is 2.87. The normalized spacial score (nSPS) is 13.0. The lowest BCUT2D eigenvalue weighted by Gasteiger charge is -2.22. The number of rotatable bonds is 8. The number of methoxy groups -OCH3 is 1. The summed E-state index contributed by atoms with van der Waals surface area (Å²) in [5.74, 6) is -1.65. The van der Waals surface area contributed by atoms with Crippen molar-refractivity contribution >= 4 is 23.7 Å². The maximum absolute atomic E-state index is 12.3. The molecule has 8 heteroatoms. The number of carbonyl (C=O) groups is 4. The predicted molar refractivity (Wildman–Crippen MR) is 86.7 cm³/mol. The van der Waals surface area contributed by atoms with E-state index in [1.165, 1.54) is 12.0 Å². The summed E-state index contributed by atoms with van der Waals surface area (Å²) in [6.07, 6.45) is -0.0676. The van der Waals surface area contributed by atoms with Crippen molar-refractivity contribution in [1.82, 2.24) is 9.80 Å². The van der Waals surface area contributed by atoms with E-state index in [9.17, 15) is 19.2 Å². The molecule has 134 valence electrons. The monoisotopic (exact) mass is 348 g/mol. The lowest BCUT2D eigenvalue weighted by atomic mass is 10.1. The minimum Gasteiger partial charge on any atom is -0.469 e. The van der Waals surface area contributed by atoms with Crippen LogP contribution >= 0.6 is 0 Å². The van der Waals surface area contributed by atoms with E-state index in [2.05, 4.69) is 4.74 Å². The molecule has 1 aliphatic heterocycles. The Morgan fingerprint density at radius 2 is 1.68 bits per heavy atom. The number of fused-ring (bicyclic) bond motifs is 1. The van der Waals surface area contributed by atoms with Gasteiger partial charge in [-0.05, 0) is 12.1 Å². The Balaban J connectivity index is 1.95. The standard InChI is InChI=1S/C17H20N2O6/c1-25-15(22)7-8-18(10-11-20)14(21)6-9-19-16(23)12-4-2-3-5-13(12)17(19)24/h2-5,20H,6-11H2,1H3. The fourth-order valence-corrected chi connectivity index (χ4v) is 2.62. The van der Waals surface area contributed by atoms with Crippen molar-refractivity contribution in [2.45, 2.75) is 12.8 Å². The lowest BCUT2D eigenvalue weighted by molar-refractivity contribution is -0.141. The molecule has 0 spiro atoms. The number of ether oxygens (including phenoxy) is 1. The SMILES string of the molecule is COC(=O)CCN(CCO)C(=O)CCN1C(=O)c2ccccc2C1=O. The summed E-state index contributed by atoms with van der Waals surface area (Å²) in [5.41, 5.74) is 0.663. The van der Waals surface area contributed by atoms with Crippen LogP contribution in [0.3, 0.4) is 0 Å². The van der Waals surface area contributed by atoms with Crippen molar-refractivity contribution in [1.29, 1.82) is 0 Å². The third kappa shape index (κ3) is 4.21. The van der Waals surface area contributed by atoms with Gasteiger partial charge < -0.3 is 14.7 Å². The molecule has 0 saturated carbocycles. The van der Waals surface area contributed by atoms with E-state index in [1.54, 1.807) is 24.3 Å². The van der Waals surface area contributed by atoms with Crippen LogP contribution in [0.1, 0.15) is 33.6 Å². The van der Waals surface area contributed by atoms with Crippen molar-refractivity contribution in [2.24, 2.45) is 0 Å². The van der Waals surface area contributed by atoms with Crippen LogP contribution in [-0.2, 0) is 14.3 Å². The number of hydrogen-bond acceptors (Lipinski definition) is 6. The number of hydrogen-bond donors (Lipinski definition) is 1. The van der Waals surface area contributed by atoms with Crippen LogP contribution in [0.4, 0.5) is 0 Å². The Hall–Kier alpha value is -2.74. The van der Waals surface area contributed by atoms with Gasteiger partial charge in [0, 0.05) is 26.1 Å². The molecule has 1 N–H and O–H groups in total. The van der Waals surface area contributed by atoms with Gasteiger partial charge in [0.15, 0.2) is 0 Å². The van der Waals surface area contributed by atoms with Gasteiger partial charge in [0.05, 0.1) is 31.3 Å². The van der Waals surface area contributed by atoms with E-state index >= 15 is 0 Å². The minimum atomic E-state index is -0.462. The fraction of sp³-hybridized carbons (Fsp3) is 0.412. The van der Waals surface area contributed by atoms with Gasteiger partial charge in [-0.25, -0.2) is 0 Å².